The largest absolute Gasteiger partial charge is 0.240 e. The van der Waals surface area contributed by atoms with Crippen molar-refractivity contribution in [2.75, 3.05) is 7.05 Å². The molecule has 0 amide bonds. The highest BCUT2D eigenvalue weighted by Crippen LogP contribution is 2.27. The van der Waals surface area contributed by atoms with Crippen LogP contribution in [0.5, 0.6) is 0 Å². The molecule has 0 aliphatic heterocycles. The Morgan fingerprint density at radius 2 is 1.17 bits per heavy atom. The lowest BCUT2D eigenvalue weighted by molar-refractivity contribution is 0.682. The molecule has 1 atom stereocenters. The Hall–Kier alpha value is -2.65. The maximum Gasteiger partial charge on any atom is 0.0972 e. The van der Waals surface area contributed by atoms with E-state index in [4.69, 9.17) is 0 Å². The highest BCUT2D eigenvalue weighted by molar-refractivity contribution is 7.96. The molecule has 0 fully saturated rings. The van der Waals surface area contributed by atoms with E-state index < -0.39 is 9.73 Å². The van der Waals surface area contributed by atoms with Crippen LogP contribution in [0.25, 0.3) is 5.57 Å². The average Bonchev–Trinajstić information content (AvgIpc) is 2.68. The SMILES string of the molecule is CN=S(=O)(C=C(c1ccccc1)c1ccccc1)c1ccccc1. The lowest BCUT2D eigenvalue weighted by atomic mass is 10.00. The van der Waals surface area contributed by atoms with Gasteiger partial charge >= 0.3 is 0 Å². The van der Waals surface area contributed by atoms with Crippen LogP contribution in [-0.4, -0.2) is 11.3 Å². The molecule has 0 spiro atoms. The molecule has 0 aromatic heterocycles. The Morgan fingerprint density at radius 3 is 1.58 bits per heavy atom. The van der Waals surface area contributed by atoms with Crippen LogP contribution in [0.15, 0.2) is 106 Å². The molecule has 120 valence electrons. The summed E-state index contributed by atoms with van der Waals surface area (Å²) in [5, 5.41) is 1.80. The van der Waals surface area contributed by atoms with Gasteiger partial charge in [0.05, 0.1) is 14.6 Å². The lowest BCUT2D eigenvalue weighted by Crippen LogP contribution is -1.99. The van der Waals surface area contributed by atoms with E-state index in [1.54, 1.807) is 12.5 Å². The third-order valence-electron chi connectivity index (χ3n) is 3.80. The summed E-state index contributed by atoms with van der Waals surface area (Å²) in [7, 11) is -1.03. The fourth-order valence-corrected chi connectivity index (χ4v) is 4.13. The lowest BCUT2D eigenvalue weighted by Gasteiger charge is -2.11. The van der Waals surface area contributed by atoms with Gasteiger partial charge in [0.15, 0.2) is 0 Å². The van der Waals surface area contributed by atoms with Gasteiger partial charge in [-0.3, -0.25) is 0 Å². The predicted molar refractivity (Wildman–Crippen MR) is 101 cm³/mol. The Labute approximate surface area is 143 Å². The van der Waals surface area contributed by atoms with Crippen LogP contribution in [-0.2, 0) is 9.73 Å². The highest BCUT2D eigenvalue weighted by Gasteiger charge is 2.13. The summed E-state index contributed by atoms with van der Waals surface area (Å²) in [6, 6.07) is 29.4. The Bertz CT molecular complexity index is 897. The molecular formula is C21H19NOS. The summed E-state index contributed by atoms with van der Waals surface area (Å²) in [4.78, 5) is 0.719. The minimum atomic E-state index is -2.64. The van der Waals surface area contributed by atoms with Crippen LogP contribution in [0.1, 0.15) is 11.1 Å². The van der Waals surface area contributed by atoms with Crippen LogP contribution in [0.3, 0.4) is 0 Å². The normalized spacial score (nSPS) is 12.9. The molecule has 3 aromatic rings. The predicted octanol–water partition coefficient (Wildman–Crippen LogP) is 5.23. The van der Waals surface area contributed by atoms with Crippen molar-refractivity contribution in [2.24, 2.45) is 4.36 Å². The average molecular weight is 333 g/mol. The van der Waals surface area contributed by atoms with E-state index in [0.29, 0.717) is 0 Å². The quantitative estimate of drug-likeness (QED) is 0.642. The second-order valence-corrected chi connectivity index (χ2v) is 7.54. The summed E-state index contributed by atoms with van der Waals surface area (Å²) in [5.41, 5.74) is 2.97. The Morgan fingerprint density at radius 1 is 0.750 bits per heavy atom. The fraction of sp³-hybridized carbons (Fsp3) is 0.0476. The molecule has 0 radical (unpaired) electrons. The second-order valence-electron chi connectivity index (χ2n) is 5.33. The van der Waals surface area contributed by atoms with E-state index in [1.165, 1.54) is 0 Å². The van der Waals surface area contributed by atoms with Crippen molar-refractivity contribution in [2.45, 2.75) is 4.90 Å². The molecule has 0 saturated heterocycles. The van der Waals surface area contributed by atoms with E-state index in [0.717, 1.165) is 21.6 Å². The van der Waals surface area contributed by atoms with E-state index in [2.05, 4.69) is 4.36 Å². The third kappa shape index (κ3) is 3.47. The van der Waals surface area contributed by atoms with Crippen LogP contribution in [0.4, 0.5) is 0 Å². The van der Waals surface area contributed by atoms with Crippen molar-refractivity contribution in [3.05, 3.63) is 108 Å². The van der Waals surface area contributed by atoms with Gasteiger partial charge in [0.2, 0.25) is 0 Å². The summed E-state index contributed by atoms with van der Waals surface area (Å²) in [5.74, 6) is 0. The molecule has 0 aliphatic rings. The number of rotatable bonds is 4. The fourth-order valence-electron chi connectivity index (χ4n) is 2.54. The second kappa shape index (κ2) is 7.28. The topological polar surface area (TPSA) is 29.4 Å². The number of nitrogens with zero attached hydrogens (tertiary/aromatic N) is 1. The van der Waals surface area contributed by atoms with Gasteiger partial charge in [-0.25, -0.2) is 8.57 Å². The first-order chi connectivity index (χ1) is 11.7. The molecule has 1 unspecified atom stereocenters. The smallest absolute Gasteiger partial charge is 0.0972 e. The molecule has 3 heteroatoms. The van der Waals surface area contributed by atoms with Crippen LogP contribution in [0, 0.1) is 0 Å². The molecule has 0 aliphatic carbocycles. The minimum absolute atomic E-state index is 0.719. The molecule has 24 heavy (non-hydrogen) atoms. The van der Waals surface area contributed by atoms with Gasteiger partial charge < -0.3 is 0 Å². The van der Waals surface area contributed by atoms with Crippen molar-refractivity contribution >= 4 is 15.3 Å². The molecule has 0 heterocycles. The van der Waals surface area contributed by atoms with Gasteiger partial charge in [-0.1, -0.05) is 78.9 Å². The van der Waals surface area contributed by atoms with E-state index in [9.17, 15) is 4.21 Å². The van der Waals surface area contributed by atoms with Crippen molar-refractivity contribution in [1.29, 1.82) is 0 Å². The minimum Gasteiger partial charge on any atom is -0.240 e. The first-order valence-corrected chi connectivity index (χ1v) is 9.34. The Balaban J connectivity index is 2.23. The number of benzene rings is 3. The maximum absolute atomic E-state index is 13.5. The summed E-state index contributed by atoms with van der Waals surface area (Å²) < 4.78 is 17.7. The zero-order chi connectivity index (χ0) is 16.8. The Kier molecular flexibility index (Phi) is 4.92. The highest BCUT2D eigenvalue weighted by atomic mass is 32.2. The van der Waals surface area contributed by atoms with E-state index in [-0.39, 0.29) is 0 Å². The summed E-state index contributed by atoms with van der Waals surface area (Å²) in [6.07, 6.45) is 0. The van der Waals surface area contributed by atoms with Crippen molar-refractivity contribution < 1.29 is 4.21 Å². The van der Waals surface area contributed by atoms with Crippen molar-refractivity contribution in [3.63, 3.8) is 0 Å². The zero-order valence-electron chi connectivity index (χ0n) is 13.5. The summed E-state index contributed by atoms with van der Waals surface area (Å²) in [6.45, 7) is 0. The molecular weight excluding hydrogens is 314 g/mol. The molecule has 0 saturated carbocycles. The van der Waals surface area contributed by atoms with Gasteiger partial charge in [0.1, 0.15) is 0 Å². The van der Waals surface area contributed by atoms with Crippen molar-refractivity contribution in [1.82, 2.24) is 0 Å². The van der Waals surface area contributed by atoms with Gasteiger partial charge in [0, 0.05) is 12.5 Å². The standard InChI is InChI=1S/C21H19NOS/c1-22-24(23,20-15-9-4-10-16-20)17-21(18-11-5-2-6-12-18)19-13-7-3-8-14-19/h2-17H,1H3. The van der Waals surface area contributed by atoms with Gasteiger partial charge in [-0.05, 0) is 28.8 Å². The van der Waals surface area contributed by atoms with E-state index >= 15 is 0 Å². The number of hydrogen-bond donors (Lipinski definition) is 0. The first-order valence-electron chi connectivity index (χ1n) is 7.76. The molecule has 0 bridgehead atoms. The van der Waals surface area contributed by atoms with Gasteiger partial charge in [-0.15, -0.1) is 0 Å². The van der Waals surface area contributed by atoms with Crippen LogP contribution >= 0.6 is 0 Å². The van der Waals surface area contributed by atoms with E-state index in [1.807, 2.05) is 91.0 Å². The monoisotopic (exact) mass is 333 g/mol. The molecule has 3 rings (SSSR count). The van der Waals surface area contributed by atoms with Crippen LogP contribution < -0.4 is 0 Å². The maximum atomic E-state index is 13.5. The van der Waals surface area contributed by atoms with Gasteiger partial charge in [-0.2, -0.15) is 0 Å². The third-order valence-corrected chi connectivity index (χ3v) is 5.84. The van der Waals surface area contributed by atoms with Gasteiger partial charge in [0.25, 0.3) is 0 Å². The van der Waals surface area contributed by atoms with Crippen molar-refractivity contribution in [3.8, 4) is 0 Å². The summed E-state index contributed by atoms with van der Waals surface area (Å²) >= 11 is 0. The number of hydrogen-bond acceptors (Lipinski definition) is 2. The first kappa shape index (κ1) is 16.2. The van der Waals surface area contributed by atoms with Crippen LogP contribution in [0.2, 0.25) is 0 Å². The molecule has 0 N–H and O–H groups in total. The molecule has 3 aromatic carbocycles. The molecule has 2 nitrogen and oxygen atoms in total. The zero-order valence-corrected chi connectivity index (χ0v) is 14.3.